The van der Waals surface area contributed by atoms with E-state index >= 15 is 0 Å². The number of likely N-dealkylation sites (tertiary alicyclic amines) is 1. The first-order valence-corrected chi connectivity index (χ1v) is 11.8. The van der Waals surface area contributed by atoms with Gasteiger partial charge in [0.05, 0.1) is 12.8 Å². The van der Waals surface area contributed by atoms with Gasteiger partial charge < -0.3 is 4.90 Å². The largest absolute Gasteiger partial charge is 0.340 e. The minimum atomic E-state index is -3.32. The first-order chi connectivity index (χ1) is 12.8. The van der Waals surface area contributed by atoms with Gasteiger partial charge in [-0.2, -0.15) is 0 Å². The maximum Gasteiger partial charge on any atom is 0.237 e. The second-order valence-corrected chi connectivity index (χ2v) is 9.67. The van der Waals surface area contributed by atoms with Crippen molar-refractivity contribution in [2.45, 2.75) is 50.6 Å². The Kier molecular flexibility index (Phi) is 8.30. The smallest absolute Gasteiger partial charge is 0.237 e. The van der Waals surface area contributed by atoms with Gasteiger partial charge >= 0.3 is 0 Å². The van der Waals surface area contributed by atoms with Crippen LogP contribution in [0.3, 0.4) is 0 Å². The molecule has 1 N–H and O–H groups in total. The van der Waals surface area contributed by atoms with Gasteiger partial charge in [-0.1, -0.05) is 31.0 Å². The van der Waals surface area contributed by atoms with E-state index in [9.17, 15) is 13.2 Å². The van der Waals surface area contributed by atoms with Crippen LogP contribution in [0.15, 0.2) is 24.3 Å². The van der Waals surface area contributed by atoms with Crippen LogP contribution in [-0.2, 0) is 14.8 Å². The van der Waals surface area contributed by atoms with Crippen molar-refractivity contribution in [3.8, 4) is 11.1 Å². The van der Waals surface area contributed by atoms with E-state index in [1.165, 1.54) is 30.4 Å². The van der Waals surface area contributed by atoms with Crippen LogP contribution < -0.4 is 4.72 Å². The summed E-state index contributed by atoms with van der Waals surface area (Å²) in [5.74, 6) is -0.142. The zero-order valence-electron chi connectivity index (χ0n) is 16.8. The van der Waals surface area contributed by atoms with Gasteiger partial charge in [0.15, 0.2) is 0 Å². The Balaban J connectivity index is 0.000000335. The van der Waals surface area contributed by atoms with Crippen LogP contribution in [0.5, 0.6) is 0 Å². The Labute approximate surface area is 175 Å². The molecule has 1 saturated heterocycles. The molecule has 0 aromatic heterocycles. The van der Waals surface area contributed by atoms with E-state index in [1.807, 2.05) is 7.05 Å². The molecule has 1 saturated carbocycles. The van der Waals surface area contributed by atoms with Crippen LogP contribution in [0, 0.1) is 0 Å². The molecular formula is C20H32ClN3O3S. The second kappa shape index (κ2) is 10.1. The average molecular weight is 430 g/mol. The number of rotatable bonds is 5. The van der Waals surface area contributed by atoms with Crippen LogP contribution in [0.25, 0.3) is 11.1 Å². The highest BCUT2D eigenvalue weighted by molar-refractivity contribution is 7.88. The fraction of sp³-hybridized carbons (Fsp3) is 0.650. The van der Waals surface area contributed by atoms with Crippen molar-refractivity contribution >= 4 is 28.3 Å². The first kappa shape index (κ1) is 23.1. The number of halogens is 1. The predicted molar refractivity (Wildman–Crippen MR) is 115 cm³/mol. The molecule has 4 rings (SSSR count). The van der Waals surface area contributed by atoms with Crippen molar-refractivity contribution in [2.24, 2.45) is 0 Å². The summed E-state index contributed by atoms with van der Waals surface area (Å²) in [6.45, 7) is 2.12. The van der Waals surface area contributed by atoms with Crippen LogP contribution in [0.2, 0.25) is 0 Å². The lowest BCUT2D eigenvalue weighted by Gasteiger charge is -2.42. The summed E-state index contributed by atoms with van der Waals surface area (Å²) >= 11 is 0. The molecule has 0 aromatic rings. The number of carbonyl (C=O) groups is 1. The lowest BCUT2D eigenvalue weighted by atomic mass is 9.88. The van der Waals surface area contributed by atoms with E-state index in [0.717, 1.165) is 38.6 Å². The number of nitrogens with zero attached hydrogens (tertiary/aromatic N) is 2. The fourth-order valence-electron chi connectivity index (χ4n) is 4.22. The summed E-state index contributed by atoms with van der Waals surface area (Å²) in [4.78, 5) is 16.5. The molecule has 1 heterocycles. The summed E-state index contributed by atoms with van der Waals surface area (Å²) in [5.41, 5.74) is 2.85. The van der Waals surface area contributed by atoms with E-state index in [1.54, 1.807) is 4.90 Å². The molecule has 4 aliphatic rings. The molecule has 3 aliphatic carbocycles. The zero-order chi connectivity index (χ0) is 19.4. The van der Waals surface area contributed by atoms with Gasteiger partial charge in [-0.3, -0.25) is 9.69 Å². The number of fused-ring (bicyclic) bond motifs is 1. The maximum atomic E-state index is 12.2. The van der Waals surface area contributed by atoms with Crippen LogP contribution >= 0.6 is 12.4 Å². The molecule has 2 fully saturated rings. The first-order valence-electron chi connectivity index (χ1n) is 9.90. The van der Waals surface area contributed by atoms with Gasteiger partial charge in [0.1, 0.15) is 0 Å². The fourth-order valence-corrected chi connectivity index (χ4v) is 4.61. The predicted octanol–water partition coefficient (Wildman–Crippen LogP) is 2.49. The number of sulfonamides is 1. The number of hydrogen-bond donors (Lipinski definition) is 1. The standard InChI is InChI=1S/C14H27N3O3S.C6H4.ClH/c1-16(14(18)11-15-21(2,19)20)12-7-3-4-8-13(12)17-9-5-6-10-17;1-2-5-4-6(5)3-1;/h12-13,15H,3-11H2,1-2H3;1-4H;1H. The van der Waals surface area contributed by atoms with Crippen molar-refractivity contribution in [3.05, 3.63) is 24.3 Å². The molecule has 1 amide bonds. The van der Waals surface area contributed by atoms with Gasteiger partial charge in [0.2, 0.25) is 15.9 Å². The SMILES string of the molecule is CN(C(=O)CNS(C)(=O)=O)C1CCCCC1N1CCCC1.Cl.c1cc2cc-2c1. The normalized spacial score (nSPS) is 23.2. The minimum Gasteiger partial charge on any atom is -0.340 e. The molecular weight excluding hydrogens is 398 g/mol. The monoisotopic (exact) mass is 429 g/mol. The number of hydrogen-bond acceptors (Lipinski definition) is 4. The van der Waals surface area contributed by atoms with Gasteiger partial charge in [-0.25, -0.2) is 13.1 Å². The highest BCUT2D eigenvalue weighted by Gasteiger charge is 2.35. The molecule has 2 atom stereocenters. The number of benzene rings is 1. The van der Waals surface area contributed by atoms with Crippen molar-refractivity contribution in [2.75, 3.05) is 32.9 Å². The Morgan fingerprint density at radius 3 is 2.25 bits per heavy atom. The molecule has 0 radical (unpaired) electrons. The summed E-state index contributed by atoms with van der Waals surface area (Å²) < 4.78 is 24.5. The summed E-state index contributed by atoms with van der Waals surface area (Å²) in [6.07, 6.45) is 8.10. The summed E-state index contributed by atoms with van der Waals surface area (Å²) in [5, 5.41) is 0. The van der Waals surface area contributed by atoms with E-state index in [4.69, 9.17) is 0 Å². The summed E-state index contributed by atoms with van der Waals surface area (Å²) in [7, 11) is -1.51. The molecule has 6 nitrogen and oxygen atoms in total. The van der Waals surface area contributed by atoms with Gasteiger partial charge in [-0.15, -0.1) is 12.4 Å². The molecule has 158 valence electrons. The lowest BCUT2D eigenvalue weighted by molar-refractivity contribution is -0.132. The van der Waals surface area contributed by atoms with Gasteiger partial charge in [0.25, 0.3) is 0 Å². The number of carbonyl (C=O) groups excluding carboxylic acids is 1. The average Bonchev–Trinajstić information content (AvgIpc) is 3.06. The minimum absolute atomic E-state index is 0. The molecule has 0 aromatic carbocycles. The molecule has 0 spiro atoms. The lowest BCUT2D eigenvalue weighted by Crippen LogP contribution is -2.54. The quantitative estimate of drug-likeness (QED) is 0.792. The topological polar surface area (TPSA) is 69.7 Å². The third-order valence-corrected chi connectivity index (χ3v) is 6.46. The molecule has 1 aliphatic heterocycles. The highest BCUT2D eigenvalue weighted by atomic mass is 35.5. The molecule has 0 bridgehead atoms. The maximum absolute atomic E-state index is 12.2. The van der Waals surface area contributed by atoms with Crippen LogP contribution in [-0.4, -0.2) is 69.1 Å². The van der Waals surface area contributed by atoms with Crippen molar-refractivity contribution in [3.63, 3.8) is 0 Å². The van der Waals surface area contributed by atoms with Crippen molar-refractivity contribution in [1.82, 2.24) is 14.5 Å². The number of amides is 1. The van der Waals surface area contributed by atoms with Gasteiger partial charge in [0, 0.05) is 19.1 Å². The van der Waals surface area contributed by atoms with Crippen LogP contribution in [0.4, 0.5) is 0 Å². The number of nitrogens with one attached hydrogen (secondary N) is 1. The van der Waals surface area contributed by atoms with E-state index in [-0.39, 0.29) is 30.9 Å². The Morgan fingerprint density at radius 2 is 1.75 bits per heavy atom. The molecule has 2 unspecified atom stereocenters. The Morgan fingerprint density at radius 1 is 1.14 bits per heavy atom. The third kappa shape index (κ3) is 6.44. The van der Waals surface area contributed by atoms with E-state index in [2.05, 4.69) is 33.9 Å². The van der Waals surface area contributed by atoms with E-state index in [0.29, 0.717) is 6.04 Å². The molecule has 28 heavy (non-hydrogen) atoms. The summed E-state index contributed by atoms with van der Waals surface area (Å²) in [6, 6.07) is 9.13. The third-order valence-electron chi connectivity index (χ3n) is 5.79. The number of likely N-dealkylation sites (N-methyl/N-ethyl adjacent to an activating group) is 1. The van der Waals surface area contributed by atoms with Crippen molar-refractivity contribution in [1.29, 1.82) is 0 Å². The Bertz CT molecular complexity index is 748. The van der Waals surface area contributed by atoms with E-state index < -0.39 is 10.0 Å². The van der Waals surface area contributed by atoms with Gasteiger partial charge in [-0.05, 0) is 56.0 Å². The second-order valence-electron chi connectivity index (χ2n) is 7.84. The van der Waals surface area contributed by atoms with Crippen molar-refractivity contribution < 1.29 is 13.2 Å². The van der Waals surface area contributed by atoms with Crippen LogP contribution in [0.1, 0.15) is 38.5 Å². The molecule has 8 heteroatoms. The highest BCUT2D eigenvalue weighted by Crippen LogP contribution is 2.32. The Hall–Kier alpha value is -1.15. The zero-order valence-corrected chi connectivity index (χ0v) is 18.4.